The average Bonchev–Trinajstić information content (AvgIpc) is 3.15. The van der Waals surface area contributed by atoms with E-state index in [1.165, 1.54) is 31.9 Å². The first-order chi connectivity index (χ1) is 15.5. The van der Waals surface area contributed by atoms with Crippen molar-refractivity contribution in [2.45, 2.75) is 36.7 Å². The zero-order valence-electron chi connectivity index (χ0n) is 19.0. The minimum Gasteiger partial charge on any atom is -0.125 e. The largest absolute Gasteiger partial charge is 0.125 e. The molecule has 160 valence electrons. The molecule has 0 saturated carbocycles. The maximum absolute atomic E-state index is 2.52. The molecular weight excluding hydrogens is 423 g/mol. The fourth-order valence-corrected chi connectivity index (χ4v) is 11.2. The first-order valence-corrected chi connectivity index (χ1v) is 14.2. The summed E-state index contributed by atoms with van der Waals surface area (Å²) in [5.74, 6) is 1.16. The van der Waals surface area contributed by atoms with Gasteiger partial charge in [0.1, 0.15) is 28.8 Å². The van der Waals surface area contributed by atoms with Crippen molar-refractivity contribution in [1.82, 2.24) is 0 Å². The van der Waals surface area contributed by atoms with Gasteiger partial charge in [0.25, 0.3) is 0 Å². The lowest BCUT2D eigenvalue weighted by Crippen LogP contribution is -2.34. The summed E-state index contributed by atoms with van der Waals surface area (Å²) in [5, 5.41) is 4.33. The first kappa shape index (κ1) is 21.5. The quantitative estimate of drug-likeness (QED) is 0.290. The number of fused-ring (bicyclic) bond motifs is 1. The summed E-state index contributed by atoms with van der Waals surface area (Å²) in [6.45, 7) is 7.22. The van der Waals surface area contributed by atoms with Crippen LogP contribution in [-0.2, 0) is 5.41 Å². The maximum Gasteiger partial charge on any atom is 0.119 e. The molecule has 1 aliphatic heterocycles. The molecule has 0 amide bonds. The van der Waals surface area contributed by atoms with Crippen LogP contribution < -0.4 is 15.9 Å². The lowest BCUT2D eigenvalue weighted by atomic mass is 9.86. The van der Waals surface area contributed by atoms with Crippen LogP contribution in [-0.4, -0.2) is 5.75 Å². The Morgan fingerprint density at radius 1 is 0.688 bits per heavy atom. The van der Waals surface area contributed by atoms with E-state index < -0.39 is 7.26 Å². The molecule has 1 heterocycles. The second-order valence-electron chi connectivity index (χ2n) is 9.33. The first-order valence-electron chi connectivity index (χ1n) is 11.4. The lowest BCUT2D eigenvalue weighted by molar-refractivity contribution is 0.604. The molecule has 0 N–H and O–H groups in total. The van der Waals surface area contributed by atoms with Crippen molar-refractivity contribution in [2.75, 3.05) is 5.75 Å². The van der Waals surface area contributed by atoms with Crippen molar-refractivity contribution in [1.29, 1.82) is 0 Å². The molecule has 0 radical (unpaired) electrons. The van der Waals surface area contributed by atoms with Gasteiger partial charge in [-0.05, 0) is 60.5 Å². The Morgan fingerprint density at radius 3 is 1.62 bits per heavy atom. The summed E-state index contributed by atoms with van der Waals surface area (Å²) in [6.07, 6.45) is 0. The highest BCUT2D eigenvalue weighted by molar-refractivity contribution is 7.99. The van der Waals surface area contributed by atoms with E-state index in [4.69, 9.17) is 0 Å². The third-order valence-corrected chi connectivity index (χ3v) is 13.2. The summed E-state index contributed by atoms with van der Waals surface area (Å²) >= 11 is 2.00. The molecule has 32 heavy (non-hydrogen) atoms. The number of rotatable bonds is 5. The van der Waals surface area contributed by atoms with Gasteiger partial charge in [-0.15, -0.1) is 11.8 Å². The van der Waals surface area contributed by atoms with Crippen molar-refractivity contribution >= 4 is 34.9 Å². The van der Waals surface area contributed by atoms with E-state index in [0.29, 0.717) is 5.66 Å². The standard InChI is InChI=1S/C30H30PS/c1-23(24-19-20-29-28(21-24)30(2,3)22-32-29)31(25-13-7-4-8-14-25,26-15-9-5-10-16-26)27-17-11-6-12-18-27/h4-21,23H,22H2,1-3H3/q+1. The number of hydrogen-bond donors (Lipinski definition) is 0. The SMILES string of the molecule is CC(c1ccc2c(c1)C(C)(C)CS2)[P+](c1ccccc1)(c1ccccc1)c1ccccc1. The van der Waals surface area contributed by atoms with Crippen molar-refractivity contribution in [3.05, 3.63) is 120 Å². The Balaban J connectivity index is 1.79. The molecule has 0 spiro atoms. The van der Waals surface area contributed by atoms with Gasteiger partial charge in [0.15, 0.2) is 0 Å². The molecule has 0 nitrogen and oxygen atoms in total. The van der Waals surface area contributed by atoms with Crippen LogP contribution >= 0.6 is 19.0 Å². The Hall–Kier alpha value is -2.34. The predicted octanol–water partition coefficient (Wildman–Crippen LogP) is 7.13. The van der Waals surface area contributed by atoms with Crippen molar-refractivity contribution < 1.29 is 0 Å². The fraction of sp³-hybridized carbons (Fsp3) is 0.200. The molecule has 4 aromatic carbocycles. The summed E-state index contributed by atoms with van der Waals surface area (Å²) < 4.78 is 0. The van der Waals surface area contributed by atoms with Gasteiger partial charge in [0.2, 0.25) is 0 Å². The number of thioether (sulfide) groups is 1. The van der Waals surface area contributed by atoms with E-state index in [1.807, 2.05) is 11.8 Å². The predicted molar refractivity (Wildman–Crippen MR) is 144 cm³/mol. The zero-order valence-corrected chi connectivity index (χ0v) is 20.7. The van der Waals surface area contributed by atoms with Gasteiger partial charge >= 0.3 is 0 Å². The molecule has 5 rings (SSSR count). The Labute approximate surface area is 197 Å². The Kier molecular flexibility index (Phi) is 5.74. The molecule has 1 unspecified atom stereocenters. The molecule has 2 heteroatoms. The van der Waals surface area contributed by atoms with Gasteiger partial charge in [0.05, 0.1) is 0 Å². The van der Waals surface area contributed by atoms with Crippen LogP contribution in [0.25, 0.3) is 0 Å². The van der Waals surface area contributed by atoms with E-state index >= 15 is 0 Å². The van der Waals surface area contributed by atoms with Crippen LogP contribution in [0.2, 0.25) is 0 Å². The van der Waals surface area contributed by atoms with Crippen molar-refractivity contribution in [2.24, 2.45) is 0 Å². The van der Waals surface area contributed by atoms with Gasteiger partial charge in [-0.3, -0.25) is 0 Å². The van der Waals surface area contributed by atoms with E-state index in [2.05, 4.69) is 130 Å². The zero-order chi connectivity index (χ0) is 22.2. The number of hydrogen-bond acceptors (Lipinski definition) is 1. The van der Waals surface area contributed by atoms with Gasteiger partial charge in [-0.1, -0.05) is 80.6 Å². The summed E-state index contributed by atoms with van der Waals surface area (Å²) in [7, 11) is -1.94. The highest BCUT2D eigenvalue weighted by Gasteiger charge is 2.51. The normalized spacial score (nSPS) is 15.8. The molecular formula is C30H30PS+. The monoisotopic (exact) mass is 453 g/mol. The maximum atomic E-state index is 2.52. The van der Waals surface area contributed by atoms with Gasteiger partial charge < -0.3 is 0 Å². The van der Waals surface area contributed by atoms with Crippen LogP contribution in [0, 0.1) is 0 Å². The summed E-state index contributed by atoms with van der Waals surface area (Å²) in [4.78, 5) is 1.45. The average molecular weight is 454 g/mol. The molecule has 1 atom stereocenters. The highest BCUT2D eigenvalue weighted by Crippen LogP contribution is 2.66. The molecule has 0 aromatic heterocycles. The van der Waals surface area contributed by atoms with Crippen LogP contribution in [0.15, 0.2) is 114 Å². The third-order valence-electron chi connectivity index (χ3n) is 6.88. The summed E-state index contributed by atoms with van der Waals surface area (Å²) in [5.41, 5.74) is 3.55. The van der Waals surface area contributed by atoms with Crippen LogP contribution in [0.3, 0.4) is 0 Å². The van der Waals surface area contributed by atoms with Crippen molar-refractivity contribution in [3.8, 4) is 0 Å². The molecule has 0 saturated heterocycles. The summed E-state index contributed by atoms with van der Waals surface area (Å²) in [6, 6.07) is 40.9. The molecule has 0 fully saturated rings. The third kappa shape index (κ3) is 3.53. The highest BCUT2D eigenvalue weighted by atomic mass is 32.2. The Bertz CT molecular complexity index is 1100. The van der Waals surface area contributed by atoms with Crippen molar-refractivity contribution in [3.63, 3.8) is 0 Å². The molecule has 1 aliphatic rings. The minimum absolute atomic E-state index is 0.225. The topological polar surface area (TPSA) is 0 Å². The van der Waals surface area contributed by atoms with E-state index in [-0.39, 0.29) is 5.41 Å². The van der Waals surface area contributed by atoms with E-state index in [0.717, 1.165) is 5.75 Å². The molecule has 4 aromatic rings. The van der Waals surface area contributed by atoms with Crippen LogP contribution in [0.5, 0.6) is 0 Å². The molecule has 0 bridgehead atoms. The number of benzene rings is 4. The van der Waals surface area contributed by atoms with Crippen LogP contribution in [0.4, 0.5) is 0 Å². The van der Waals surface area contributed by atoms with Gasteiger partial charge in [-0.2, -0.15) is 0 Å². The van der Waals surface area contributed by atoms with Gasteiger partial charge in [-0.25, -0.2) is 0 Å². The van der Waals surface area contributed by atoms with Gasteiger partial charge in [0, 0.05) is 16.1 Å². The molecule has 0 aliphatic carbocycles. The van der Waals surface area contributed by atoms with Crippen LogP contribution in [0.1, 0.15) is 37.6 Å². The lowest BCUT2D eigenvalue weighted by Gasteiger charge is -2.33. The van der Waals surface area contributed by atoms with E-state index in [1.54, 1.807) is 0 Å². The Morgan fingerprint density at radius 2 is 1.16 bits per heavy atom. The van der Waals surface area contributed by atoms with E-state index in [9.17, 15) is 0 Å². The minimum atomic E-state index is -1.94. The second-order valence-corrected chi connectivity index (χ2v) is 14.1. The second kappa shape index (κ2) is 8.54. The fourth-order valence-electron chi connectivity index (χ4n) is 5.13. The smallest absolute Gasteiger partial charge is 0.119 e.